The highest BCUT2D eigenvalue weighted by Crippen LogP contribution is 2.30. The summed E-state index contributed by atoms with van der Waals surface area (Å²) in [7, 11) is 0. The lowest BCUT2D eigenvalue weighted by Crippen LogP contribution is -2.22. The second-order valence-electron chi connectivity index (χ2n) is 4.65. The van der Waals surface area contributed by atoms with Gasteiger partial charge in [-0.1, -0.05) is 19.1 Å². The van der Waals surface area contributed by atoms with Gasteiger partial charge in [-0.2, -0.15) is 13.2 Å². The van der Waals surface area contributed by atoms with Crippen LogP contribution in [0.3, 0.4) is 0 Å². The molecule has 0 saturated carbocycles. The molecule has 0 aliphatic carbocycles. The van der Waals surface area contributed by atoms with Crippen molar-refractivity contribution >= 4 is 11.6 Å². The number of rotatable bonds is 5. The molecule has 0 aliphatic heterocycles. The van der Waals surface area contributed by atoms with E-state index in [4.69, 9.17) is 16.0 Å². The molecule has 6 heteroatoms. The van der Waals surface area contributed by atoms with Crippen molar-refractivity contribution in [1.29, 1.82) is 0 Å². The molecule has 1 aromatic heterocycles. The Balaban J connectivity index is 2.14. The van der Waals surface area contributed by atoms with Crippen molar-refractivity contribution in [2.75, 3.05) is 6.54 Å². The molecule has 2 rings (SSSR count). The van der Waals surface area contributed by atoms with E-state index in [1.54, 1.807) is 12.1 Å². The number of nitrogens with one attached hydrogen (secondary N) is 1. The van der Waals surface area contributed by atoms with Crippen LogP contribution in [0.15, 0.2) is 40.8 Å². The average molecular weight is 318 g/mol. The highest BCUT2D eigenvalue weighted by atomic mass is 35.5. The van der Waals surface area contributed by atoms with E-state index < -0.39 is 11.7 Å². The van der Waals surface area contributed by atoms with Crippen LogP contribution in [0.1, 0.15) is 29.9 Å². The summed E-state index contributed by atoms with van der Waals surface area (Å²) in [5.74, 6) is 0.668. The Bertz CT molecular complexity index is 577. The molecule has 0 amide bonds. The van der Waals surface area contributed by atoms with E-state index in [1.807, 2.05) is 6.92 Å². The number of halogens is 4. The minimum Gasteiger partial charge on any atom is -0.448 e. The van der Waals surface area contributed by atoms with Gasteiger partial charge >= 0.3 is 6.18 Å². The van der Waals surface area contributed by atoms with Gasteiger partial charge in [-0.3, -0.25) is 0 Å². The number of hydrogen-bond acceptors (Lipinski definition) is 2. The lowest BCUT2D eigenvalue weighted by Gasteiger charge is -2.16. The molecule has 1 N–H and O–H groups in total. The van der Waals surface area contributed by atoms with Crippen molar-refractivity contribution in [1.82, 2.24) is 5.32 Å². The molecule has 0 radical (unpaired) electrons. The fourth-order valence-electron chi connectivity index (χ4n) is 2.10. The molecule has 21 heavy (non-hydrogen) atoms. The van der Waals surface area contributed by atoms with Crippen molar-refractivity contribution < 1.29 is 17.6 Å². The van der Waals surface area contributed by atoms with Gasteiger partial charge in [0.2, 0.25) is 0 Å². The molecule has 0 saturated heterocycles. The summed E-state index contributed by atoms with van der Waals surface area (Å²) in [6, 6.07) is 8.43. The standard InChI is InChI=1S/C15H15ClF3NO/c1-2-20-12(13-7-8-14(16)21-13)9-10-3-5-11(6-4-10)15(17,18)19/h3-8,12,20H,2,9H2,1H3. The Kier molecular flexibility index (Phi) is 4.96. The molecule has 1 atom stereocenters. The smallest absolute Gasteiger partial charge is 0.416 e. The molecule has 0 aliphatic rings. The Morgan fingerprint density at radius 3 is 2.29 bits per heavy atom. The minimum atomic E-state index is -4.31. The number of likely N-dealkylation sites (N-methyl/N-ethyl adjacent to an activating group) is 1. The van der Waals surface area contributed by atoms with E-state index in [0.717, 1.165) is 17.7 Å². The third kappa shape index (κ3) is 4.25. The number of benzene rings is 1. The molecule has 1 heterocycles. The van der Waals surface area contributed by atoms with E-state index in [2.05, 4.69) is 5.32 Å². The van der Waals surface area contributed by atoms with Gasteiger partial charge < -0.3 is 9.73 Å². The van der Waals surface area contributed by atoms with Gasteiger partial charge in [0.1, 0.15) is 5.76 Å². The molecule has 114 valence electrons. The predicted octanol–water partition coefficient (Wildman–Crippen LogP) is 4.85. The second-order valence-corrected chi connectivity index (χ2v) is 5.02. The molecular weight excluding hydrogens is 303 g/mol. The lowest BCUT2D eigenvalue weighted by molar-refractivity contribution is -0.137. The topological polar surface area (TPSA) is 25.2 Å². The molecule has 0 fully saturated rings. The quantitative estimate of drug-likeness (QED) is 0.853. The predicted molar refractivity (Wildman–Crippen MR) is 75.3 cm³/mol. The molecule has 0 spiro atoms. The van der Waals surface area contributed by atoms with Crippen molar-refractivity contribution in [3.8, 4) is 0 Å². The van der Waals surface area contributed by atoms with Crippen molar-refractivity contribution in [2.45, 2.75) is 25.6 Å². The normalized spacial score (nSPS) is 13.4. The van der Waals surface area contributed by atoms with Crippen LogP contribution in [0.2, 0.25) is 5.22 Å². The Morgan fingerprint density at radius 2 is 1.81 bits per heavy atom. The van der Waals surface area contributed by atoms with Crippen molar-refractivity contribution in [3.05, 3.63) is 58.5 Å². The van der Waals surface area contributed by atoms with Crippen LogP contribution in [-0.4, -0.2) is 6.54 Å². The minimum absolute atomic E-state index is 0.126. The zero-order valence-corrected chi connectivity index (χ0v) is 12.1. The third-order valence-electron chi connectivity index (χ3n) is 3.11. The van der Waals surface area contributed by atoms with E-state index in [1.165, 1.54) is 12.1 Å². The SMILES string of the molecule is CCNC(Cc1ccc(C(F)(F)F)cc1)c1ccc(Cl)o1. The van der Waals surface area contributed by atoms with E-state index in [9.17, 15) is 13.2 Å². The lowest BCUT2D eigenvalue weighted by atomic mass is 10.0. The van der Waals surface area contributed by atoms with Gasteiger partial charge in [0.05, 0.1) is 11.6 Å². The third-order valence-corrected chi connectivity index (χ3v) is 3.31. The van der Waals surface area contributed by atoms with Crippen molar-refractivity contribution in [2.24, 2.45) is 0 Å². The van der Waals surface area contributed by atoms with Gasteiger partial charge in [-0.25, -0.2) is 0 Å². The molecular formula is C15H15ClF3NO. The van der Waals surface area contributed by atoms with E-state index in [-0.39, 0.29) is 6.04 Å². The molecule has 2 nitrogen and oxygen atoms in total. The van der Waals surface area contributed by atoms with Crippen LogP contribution < -0.4 is 5.32 Å². The highest BCUT2D eigenvalue weighted by Gasteiger charge is 2.30. The van der Waals surface area contributed by atoms with Crippen LogP contribution in [0.25, 0.3) is 0 Å². The van der Waals surface area contributed by atoms with Crippen LogP contribution in [0, 0.1) is 0 Å². The number of furan rings is 1. The Hall–Kier alpha value is -1.46. The van der Waals surface area contributed by atoms with Gasteiger partial charge in [0.25, 0.3) is 0 Å². The summed E-state index contributed by atoms with van der Waals surface area (Å²) in [4.78, 5) is 0. The first kappa shape index (κ1) is 15.9. The van der Waals surface area contributed by atoms with Crippen LogP contribution in [0.5, 0.6) is 0 Å². The fourth-order valence-corrected chi connectivity index (χ4v) is 2.25. The molecule has 0 bridgehead atoms. The molecule has 2 aromatic rings. The maximum absolute atomic E-state index is 12.5. The first-order valence-corrected chi connectivity index (χ1v) is 6.92. The summed E-state index contributed by atoms with van der Waals surface area (Å²) in [5.41, 5.74) is 0.147. The fraction of sp³-hybridized carbons (Fsp3) is 0.333. The maximum Gasteiger partial charge on any atom is 0.416 e. The monoisotopic (exact) mass is 317 g/mol. The van der Waals surface area contributed by atoms with Gasteiger partial charge in [0, 0.05) is 0 Å². The zero-order valence-electron chi connectivity index (χ0n) is 11.4. The second kappa shape index (κ2) is 6.54. The Morgan fingerprint density at radius 1 is 1.14 bits per heavy atom. The maximum atomic E-state index is 12.5. The number of hydrogen-bond donors (Lipinski definition) is 1. The molecule has 1 aromatic carbocycles. The van der Waals surface area contributed by atoms with Crippen LogP contribution >= 0.6 is 11.6 Å². The van der Waals surface area contributed by atoms with Gasteiger partial charge in [-0.15, -0.1) is 0 Å². The summed E-state index contributed by atoms with van der Waals surface area (Å²) < 4.78 is 43.0. The largest absolute Gasteiger partial charge is 0.448 e. The van der Waals surface area contributed by atoms with Crippen LogP contribution in [0.4, 0.5) is 13.2 Å². The van der Waals surface area contributed by atoms with Gasteiger partial charge in [-0.05, 0) is 54.4 Å². The number of alkyl halides is 3. The first-order chi connectivity index (χ1) is 9.90. The molecule has 1 unspecified atom stereocenters. The van der Waals surface area contributed by atoms with E-state index in [0.29, 0.717) is 23.9 Å². The average Bonchev–Trinajstić information content (AvgIpc) is 2.84. The summed E-state index contributed by atoms with van der Waals surface area (Å²) in [6.07, 6.45) is -3.79. The Labute approximate surface area is 125 Å². The van der Waals surface area contributed by atoms with Crippen molar-refractivity contribution in [3.63, 3.8) is 0 Å². The van der Waals surface area contributed by atoms with Gasteiger partial charge in [0.15, 0.2) is 5.22 Å². The van der Waals surface area contributed by atoms with E-state index >= 15 is 0 Å². The summed E-state index contributed by atoms with van der Waals surface area (Å²) >= 11 is 5.76. The first-order valence-electron chi connectivity index (χ1n) is 6.55. The summed E-state index contributed by atoms with van der Waals surface area (Å²) in [6.45, 7) is 2.66. The summed E-state index contributed by atoms with van der Waals surface area (Å²) in [5, 5.41) is 3.52. The van der Waals surface area contributed by atoms with Crippen LogP contribution in [-0.2, 0) is 12.6 Å². The highest BCUT2D eigenvalue weighted by molar-refractivity contribution is 6.28. The zero-order chi connectivity index (χ0) is 15.5.